The van der Waals surface area contributed by atoms with Crippen molar-refractivity contribution in [2.45, 2.75) is 6.17 Å². The summed E-state index contributed by atoms with van der Waals surface area (Å²) in [5, 5.41) is 12.7. The van der Waals surface area contributed by atoms with Crippen molar-refractivity contribution in [1.29, 1.82) is 0 Å². The van der Waals surface area contributed by atoms with E-state index in [9.17, 15) is 0 Å². The summed E-state index contributed by atoms with van der Waals surface area (Å²) in [5.74, 6) is 1.48. The molecule has 11 aromatic rings. The highest BCUT2D eigenvalue weighted by Crippen LogP contribution is 2.48. The van der Waals surface area contributed by atoms with Crippen LogP contribution in [0, 0.1) is 0 Å². The van der Waals surface area contributed by atoms with Gasteiger partial charge >= 0.3 is 0 Å². The molecule has 0 bridgehead atoms. The number of thiophene rings is 1. The molecule has 0 spiro atoms. The van der Waals surface area contributed by atoms with E-state index in [4.69, 9.17) is 18.8 Å². The van der Waals surface area contributed by atoms with Crippen LogP contribution < -0.4 is 5.32 Å². The second-order valence-corrected chi connectivity index (χ2v) is 15.1. The Balaban J connectivity index is 1.08. The average molecular weight is 724 g/mol. The lowest BCUT2D eigenvalue weighted by Gasteiger charge is -2.24. The SMILES string of the molecule is c1ccc(C2=NC(c3cc4oc5ccc(-c6cc7c8ccccc8oc7c7c6sc6ccccc67)cc5c4c4ccccc34)NC(c3ccccc3)=N2)cc1. The molecule has 0 saturated carbocycles. The number of hydrogen-bond acceptors (Lipinski definition) is 6. The average Bonchev–Trinajstić information content (AvgIpc) is 3.95. The molecule has 1 N–H and O–H groups in total. The van der Waals surface area contributed by atoms with Crippen LogP contribution in [-0.4, -0.2) is 11.7 Å². The number of furan rings is 2. The van der Waals surface area contributed by atoms with Crippen LogP contribution in [0.4, 0.5) is 0 Å². The van der Waals surface area contributed by atoms with Gasteiger partial charge in [0.25, 0.3) is 0 Å². The topological polar surface area (TPSA) is 63.0 Å². The van der Waals surface area contributed by atoms with Crippen LogP contribution >= 0.6 is 11.3 Å². The molecule has 5 nitrogen and oxygen atoms in total. The van der Waals surface area contributed by atoms with Crippen LogP contribution in [0.25, 0.3) is 85.9 Å². The standard InChI is InChI=1S/C49H29N3O2S/c1-3-13-28(14-4-1)47-50-48(29-15-5-2-6-16-29)52-49(51-47)37-27-41-43(33-19-8-7-17-31(33)37)38-25-30(23-24-40(38)53-41)35-26-36-32-18-9-11-21-39(32)54-45(36)44-34-20-10-12-22-42(34)55-46(35)44/h1-27,49H,(H,50,51,52). The highest BCUT2D eigenvalue weighted by Gasteiger charge is 2.25. The van der Waals surface area contributed by atoms with Crippen molar-refractivity contribution >= 4 is 97.8 Å². The molecule has 1 aliphatic heterocycles. The third-order valence-electron chi connectivity index (χ3n) is 10.9. The summed E-state index contributed by atoms with van der Waals surface area (Å²) in [7, 11) is 0. The first-order valence-electron chi connectivity index (χ1n) is 18.4. The zero-order valence-electron chi connectivity index (χ0n) is 29.3. The second kappa shape index (κ2) is 11.7. The van der Waals surface area contributed by atoms with E-state index < -0.39 is 6.17 Å². The molecule has 0 radical (unpaired) electrons. The summed E-state index contributed by atoms with van der Waals surface area (Å²) < 4.78 is 15.8. The van der Waals surface area contributed by atoms with Gasteiger partial charge in [0.05, 0.1) is 0 Å². The number of aliphatic imine (C=N–C) groups is 2. The molecule has 258 valence electrons. The van der Waals surface area contributed by atoms with Crippen LogP contribution in [-0.2, 0) is 0 Å². The minimum absolute atomic E-state index is 0.390. The number of nitrogens with zero attached hydrogens (tertiary/aromatic N) is 2. The number of fused-ring (bicyclic) bond motifs is 12. The van der Waals surface area contributed by atoms with E-state index in [-0.39, 0.29) is 0 Å². The molecule has 0 amide bonds. The molecule has 1 atom stereocenters. The van der Waals surface area contributed by atoms with Crippen molar-refractivity contribution in [2.75, 3.05) is 0 Å². The molecular weight excluding hydrogens is 695 g/mol. The monoisotopic (exact) mass is 723 g/mol. The Morgan fingerprint density at radius 1 is 0.491 bits per heavy atom. The summed E-state index contributed by atoms with van der Waals surface area (Å²) in [6.07, 6.45) is -0.390. The first-order valence-corrected chi connectivity index (χ1v) is 19.2. The zero-order valence-corrected chi connectivity index (χ0v) is 30.1. The highest BCUT2D eigenvalue weighted by atomic mass is 32.1. The summed E-state index contributed by atoms with van der Waals surface area (Å²) in [4.78, 5) is 10.2. The Morgan fingerprint density at radius 3 is 2.02 bits per heavy atom. The lowest BCUT2D eigenvalue weighted by molar-refractivity contribution is 0.658. The quantitative estimate of drug-likeness (QED) is 0.197. The predicted octanol–water partition coefficient (Wildman–Crippen LogP) is 13.2. The fourth-order valence-electron chi connectivity index (χ4n) is 8.41. The molecule has 1 unspecified atom stereocenters. The molecule has 12 rings (SSSR count). The molecule has 0 fully saturated rings. The van der Waals surface area contributed by atoms with Crippen LogP contribution in [0.1, 0.15) is 22.9 Å². The molecule has 6 heteroatoms. The Labute approximate surface area is 318 Å². The Hall–Kier alpha value is -7.02. The molecule has 8 aromatic carbocycles. The zero-order chi connectivity index (χ0) is 36.0. The van der Waals surface area contributed by atoms with Crippen LogP contribution in [0.2, 0.25) is 0 Å². The maximum Gasteiger partial charge on any atom is 0.159 e. The van der Waals surface area contributed by atoms with Crippen molar-refractivity contribution in [2.24, 2.45) is 9.98 Å². The van der Waals surface area contributed by atoms with E-state index in [0.717, 1.165) is 82.7 Å². The minimum atomic E-state index is -0.390. The third-order valence-corrected chi connectivity index (χ3v) is 12.1. The van der Waals surface area contributed by atoms with Crippen molar-refractivity contribution in [3.63, 3.8) is 0 Å². The van der Waals surface area contributed by atoms with Crippen molar-refractivity contribution in [1.82, 2.24) is 5.32 Å². The second-order valence-electron chi connectivity index (χ2n) is 14.1. The van der Waals surface area contributed by atoms with Crippen LogP contribution in [0.15, 0.2) is 183 Å². The van der Waals surface area contributed by atoms with Gasteiger partial charge in [0.2, 0.25) is 0 Å². The Bertz CT molecular complexity index is 3410. The molecule has 0 saturated heterocycles. The largest absolute Gasteiger partial charge is 0.456 e. The van der Waals surface area contributed by atoms with E-state index in [1.807, 2.05) is 53.8 Å². The van der Waals surface area contributed by atoms with Gasteiger partial charge in [0.1, 0.15) is 34.3 Å². The fourth-order valence-corrected chi connectivity index (χ4v) is 9.65. The van der Waals surface area contributed by atoms with Crippen molar-refractivity contribution < 1.29 is 8.83 Å². The van der Waals surface area contributed by atoms with Gasteiger partial charge in [-0.2, -0.15) is 0 Å². The van der Waals surface area contributed by atoms with E-state index in [0.29, 0.717) is 5.84 Å². The lowest BCUT2D eigenvalue weighted by Crippen LogP contribution is -2.33. The van der Waals surface area contributed by atoms with Gasteiger partial charge in [-0.1, -0.05) is 127 Å². The van der Waals surface area contributed by atoms with E-state index >= 15 is 0 Å². The van der Waals surface area contributed by atoms with Gasteiger partial charge in [-0.3, -0.25) is 0 Å². The molecule has 3 aromatic heterocycles. The van der Waals surface area contributed by atoms with Gasteiger partial charge in [-0.15, -0.1) is 11.3 Å². The Morgan fingerprint density at radius 2 is 1.18 bits per heavy atom. The van der Waals surface area contributed by atoms with Gasteiger partial charge in [-0.25, -0.2) is 9.98 Å². The van der Waals surface area contributed by atoms with Gasteiger partial charge in [-0.05, 0) is 52.7 Å². The minimum Gasteiger partial charge on any atom is -0.456 e. The first kappa shape index (κ1) is 30.4. The Kier molecular flexibility index (Phi) is 6.50. The highest BCUT2D eigenvalue weighted by molar-refractivity contribution is 7.26. The third kappa shape index (κ3) is 4.65. The smallest absolute Gasteiger partial charge is 0.159 e. The van der Waals surface area contributed by atoms with Crippen molar-refractivity contribution in [3.05, 3.63) is 180 Å². The summed E-state index contributed by atoms with van der Waals surface area (Å²) >= 11 is 1.82. The van der Waals surface area contributed by atoms with Crippen LogP contribution in [0.3, 0.4) is 0 Å². The molecule has 1 aliphatic rings. The molecular formula is C49H29N3O2S. The van der Waals surface area contributed by atoms with Gasteiger partial charge < -0.3 is 14.2 Å². The summed E-state index contributed by atoms with van der Waals surface area (Å²) in [5.41, 5.74) is 8.86. The summed E-state index contributed by atoms with van der Waals surface area (Å²) in [6, 6.07) is 57.2. The molecule has 4 heterocycles. The first-order chi connectivity index (χ1) is 27.2. The number of rotatable bonds is 4. The maximum atomic E-state index is 6.74. The fraction of sp³-hybridized carbons (Fsp3) is 0.0204. The maximum absolute atomic E-state index is 6.74. The molecule has 0 aliphatic carbocycles. The number of nitrogens with one attached hydrogen (secondary N) is 1. The predicted molar refractivity (Wildman–Crippen MR) is 229 cm³/mol. The number of hydrogen-bond donors (Lipinski definition) is 1. The van der Waals surface area contributed by atoms with Gasteiger partial charge in [0.15, 0.2) is 5.84 Å². The van der Waals surface area contributed by atoms with Crippen molar-refractivity contribution in [3.8, 4) is 11.1 Å². The van der Waals surface area contributed by atoms with E-state index in [1.54, 1.807) is 0 Å². The number of benzene rings is 8. The lowest BCUT2D eigenvalue weighted by atomic mass is 9.95. The van der Waals surface area contributed by atoms with Crippen LogP contribution in [0.5, 0.6) is 0 Å². The number of amidine groups is 2. The van der Waals surface area contributed by atoms with Gasteiger partial charge in [0, 0.05) is 64.0 Å². The van der Waals surface area contributed by atoms with E-state index in [2.05, 4.69) is 127 Å². The molecule has 55 heavy (non-hydrogen) atoms. The summed E-state index contributed by atoms with van der Waals surface area (Å²) in [6.45, 7) is 0. The normalized spacial score (nSPS) is 14.7. The van der Waals surface area contributed by atoms with E-state index in [1.165, 1.54) is 25.7 Å². The number of para-hydroxylation sites is 1.